The highest BCUT2D eigenvalue weighted by Crippen LogP contribution is 2.32. The number of para-hydroxylation sites is 2. The second-order valence-corrected chi connectivity index (χ2v) is 4.51. The van der Waals surface area contributed by atoms with Gasteiger partial charge in [0.25, 0.3) is 0 Å². The maximum atomic E-state index is 12.7. The zero-order chi connectivity index (χ0) is 13.6. The molecule has 1 N–H and O–H groups in total. The summed E-state index contributed by atoms with van der Waals surface area (Å²) in [6.07, 6.45) is -4.68. The number of aromatic nitrogens is 2. The number of aryl methyl sites for hydroxylation is 1. The van der Waals surface area contributed by atoms with Gasteiger partial charge in [0, 0.05) is 0 Å². The van der Waals surface area contributed by atoms with Gasteiger partial charge >= 0.3 is 6.18 Å². The van der Waals surface area contributed by atoms with Crippen molar-refractivity contribution < 1.29 is 18.3 Å². The molecule has 0 amide bonds. The largest absolute Gasteiger partial charge is 0.418 e. The Morgan fingerprint density at radius 2 is 1.89 bits per heavy atom. The number of benzene rings is 1. The molecule has 18 heavy (non-hydrogen) atoms. The maximum Gasteiger partial charge on any atom is 0.418 e. The summed E-state index contributed by atoms with van der Waals surface area (Å²) >= 11 is 0. The average Bonchev–Trinajstić information content (AvgIpc) is 2.54. The topological polar surface area (TPSA) is 38.0 Å². The fourth-order valence-corrected chi connectivity index (χ4v) is 1.79. The van der Waals surface area contributed by atoms with E-state index in [0.29, 0.717) is 16.9 Å². The van der Waals surface area contributed by atoms with Crippen LogP contribution in [0.5, 0.6) is 0 Å². The van der Waals surface area contributed by atoms with Crippen LogP contribution >= 0.6 is 0 Å². The van der Waals surface area contributed by atoms with E-state index >= 15 is 0 Å². The summed E-state index contributed by atoms with van der Waals surface area (Å²) in [6, 6.07) is 6.90. The minimum atomic E-state index is -4.68. The molecular formula is C12H13F3N2O. The third-order valence-corrected chi connectivity index (χ3v) is 2.92. The quantitative estimate of drug-likeness (QED) is 0.899. The molecular weight excluding hydrogens is 245 g/mol. The third kappa shape index (κ3) is 2.08. The standard InChI is InChI=1S/C12H13F3N2O/c1-8-16-9-5-3-4-6-10(9)17(8)7-11(2,18)12(13,14)15/h3-6,18H,7H2,1-2H3. The Hall–Kier alpha value is -1.56. The van der Waals surface area contributed by atoms with Crippen molar-refractivity contribution in [2.75, 3.05) is 0 Å². The van der Waals surface area contributed by atoms with Gasteiger partial charge in [0.05, 0.1) is 17.6 Å². The number of imidazole rings is 1. The lowest BCUT2D eigenvalue weighted by molar-refractivity contribution is -0.257. The van der Waals surface area contributed by atoms with Crippen LogP contribution in [0.15, 0.2) is 24.3 Å². The Morgan fingerprint density at radius 3 is 2.50 bits per heavy atom. The first-order valence-corrected chi connectivity index (χ1v) is 5.43. The van der Waals surface area contributed by atoms with E-state index in [9.17, 15) is 18.3 Å². The molecule has 0 saturated carbocycles. The lowest BCUT2D eigenvalue weighted by Crippen LogP contribution is -2.45. The first-order valence-electron chi connectivity index (χ1n) is 5.43. The lowest BCUT2D eigenvalue weighted by atomic mass is 10.1. The van der Waals surface area contributed by atoms with Crippen molar-refractivity contribution in [2.45, 2.75) is 32.2 Å². The molecule has 98 valence electrons. The average molecular weight is 258 g/mol. The van der Waals surface area contributed by atoms with E-state index in [-0.39, 0.29) is 0 Å². The summed E-state index contributed by atoms with van der Waals surface area (Å²) in [4.78, 5) is 4.16. The number of aliphatic hydroxyl groups is 1. The van der Waals surface area contributed by atoms with Crippen molar-refractivity contribution in [2.24, 2.45) is 0 Å². The molecule has 0 aliphatic heterocycles. The molecule has 1 unspecified atom stereocenters. The van der Waals surface area contributed by atoms with E-state index in [0.717, 1.165) is 6.92 Å². The third-order valence-electron chi connectivity index (χ3n) is 2.92. The summed E-state index contributed by atoms with van der Waals surface area (Å²) in [5.41, 5.74) is -1.58. The second-order valence-electron chi connectivity index (χ2n) is 4.51. The van der Waals surface area contributed by atoms with Crippen LogP contribution in [0.2, 0.25) is 0 Å². The van der Waals surface area contributed by atoms with Gasteiger partial charge in [-0.05, 0) is 26.0 Å². The number of rotatable bonds is 2. The molecule has 6 heteroatoms. The van der Waals surface area contributed by atoms with Crippen LogP contribution in [0, 0.1) is 6.92 Å². The molecule has 0 fully saturated rings. The minimum Gasteiger partial charge on any atom is -0.379 e. The highest BCUT2D eigenvalue weighted by molar-refractivity contribution is 5.75. The first kappa shape index (κ1) is 12.9. The van der Waals surface area contributed by atoms with Gasteiger partial charge in [-0.1, -0.05) is 12.1 Å². The molecule has 0 spiro atoms. The fourth-order valence-electron chi connectivity index (χ4n) is 1.79. The summed E-state index contributed by atoms with van der Waals surface area (Å²) in [5, 5.41) is 9.53. The van der Waals surface area contributed by atoms with Crippen LogP contribution in [0.3, 0.4) is 0 Å². The van der Waals surface area contributed by atoms with Gasteiger partial charge < -0.3 is 9.67 Å². The molecule has 0 saturated heterocycles. The van der Waals surface area contributed by atoms with Crippen molar-refractivity contribution in [3.05, 3.63) is 30.1 Å². The molecule has 1 heterocycles. The van der Waals surface area contributed by atoms with Crippen molar-refractivity contribution in [1.82, 2.24) is 9.55 Å². The van der Waals surface area contributed by atoms with Gasteiger partial charge in [-0.2, -0.15) is 13.2 Å². The van der Waals surface area contributed by atoms with Gasteiger partial charge in [-0.3, -0.25) is 0 Å². The molecule has 0 aliphatic rings. The molecule has 2 rings (SSSR count). The number of alkyl halides is 3. The molecule has 1 aromatic heterocycles. The number of hydrogen-bond acceptors (Lipinski definition) is 2. The summed E-state index contributed by atoms with van der Waals surface area (Å²) < 4.78 is 39.4. The molecule has 2 aromatic rings. The Morgan fingerprint density at radius 1 is 1.28 bits per heavy atom. The summed E-state index contributed by atoms with van der Waals surface area (Å²) in [7, 11) is 0. The van der Waals surface area contributed by atoms with Gasteiger partial charge in [0.2, 0.25) is 0 Å². The van der Waals surface area contributed by atoms with Crippen LogP contribution in [-0.2, 0) is 6.54 Å². The number of nitrogens with zero attached hydrogens (tertiary/aromatic N) is 2. The predicted octanol–water partition coefficient (Wildman–Crippen LogP) is 2.66. The van der Waals surface area contributed by atoms with Crippen molar-refractivity contribution in [3.8, 4) is 0 Å². The van der Waals surface area contributed by atoms with Crippen LogP contribution in [0.1, 0.15) is 12.7 Å². The Bertz CT molecular complexity index is 572. The monoisotopic (exact) mass is 258 g/mol. The van der Waals surface area contributed by atoms with E-state index in [1.807, 2.05) is 0 Å². The Kier molecular flexibility index (Phi) is 2.85. The molecule has 0 aliphatic carbocycles. The van der Waals surface area contributed by atoms with Crippen molar-refractivity contribution in [1.29, 1.82) is 0 Å². The van der Waals surface area contributed by atoms with Crippen LogP contribution in [-0.4, -0.2) is 26.4 Å². The second kappa shape index (κ2) is 3.98. The van der Waals surface area contributed by atoms with E-state index in [1.165, 1.54) is 4.57 Å². The summed E-state index contributed by atoms with van der Waals surface area (Å²) in [5.74, 6) is 0.445. The first-order chi connectivity index (χ1) is 8.22. The minimum absolute atomic E-state index is 0.445. The van der Waals surface area contributed by atoms with E-state index in [1.54, 1.807) is 31.2 Å². The van der Waals surface area contributed by atoms with Gasteiger partial charge in [-0.15, -0.1) is 0 Å². The predicted molar refractivity (Wildman–Crippen MR) is 61.1 cm³/mol. The van der Waals surface area contributed by atoms with Gasteiger partial charge in [0.15, 0.2) is 5.60 Å². The highest BCUT2D eigenvalue weighted by Gasteiger charge is 2.50. The number of fused-ring (bicyclic) bond motifs is 1. The summed E-state index contributed by atoms with van der Waals surface area (Å²) in [6.45, 7) is 1.82. The van der Waals surface area contributed by atoms with Gasteiger partial charge in [-0.25, -0.2) is 4.98 Å². The SMILES string of the molecule is Cc1nc2ccccc2n1CC(C)(O)C(F)(F)F. The molecule has 1 aromatic carbocycles. The maximum absolute atomic E-state index is 12.7. The van der Waals surface area contributed by atoms with Crippen LogP contribution in [0.4, 0.5) is 13.2 Å². The molecule has 3 nitrogen and oxygen atoms in total. The molecule has 1 atom stereocenters. The number of halogens is 3. The van der Waals surface area contributed by atoms with E-state index in [2.05, 4.69) is 4.98 Å². The zero-order valence-corrected chi connectivity index (χ0v) is 9.99. The van der Waals surface area contributed by atoms with Crippen LogP contribution < -0.4 is 0 Å². The Balaban J connectivity index is 2.47. The van der Waals surface area contributed by atoms with Crippen molar-refractivity contribution in [3.63, 3.8) is 0 Å². The molecule has 0 bridgehead atoms. The van der Waals surface area contributed by atoms with Crippen LogP contribution in [0.25, 0.3) is 11.0 Å². The molecule has 0 radical (unpaired) electrons. The number of hydrogen-bond donors (Lipinski definition) is 1. The smallest absolute Gasteiger partial charge is 0.379 e. The lowest BCUT2D eigenvalue weighted by Gasteiger charge is -2.27. The van der Waals surface area contributed by atoms with Gasteiger partial charge in [0.1, 0.15) is 5.82 Å². The fraction of sp³-hybridized carbons (Fsp3) is 0.417. The normalized spacial score (nSPS) is 15.9. The van der Waals surface area contributed by atoms with E-state index in [4.69, 9.17) is 0 Å². The Labute approximate surface area is 102 Å². The van der Waals surface area contributed by atoms with E-state index < -0.39 is 18.3 Å². The highest BCUT2D eigenvalue weighted by atomic mass is 19.4. The van der Waals surface area contributed by atoms with Crippen molar-refractivity contribution >= 4 is 11.0 Å². The zero-order valence-electron chi connectivity index (χ0n) is 9.99.